The zero-order chi connectivity index (χ0) is 12.2. The van der Waals surface area contributed by atoms with Gasteiger partial charge in [-0.05, 0) is 36.5 Å². The predicted molar refractivity (Wildman–Crippen MR) is 73.6 cm³/mol. The molecule has 1 saturated carbocycles. The van der Waals surface area contributed by atoms with Crippen LogP contribution in [0.1, 0.15) is 72.6 Å². The van der Waals surface area contributed by atoms with E-state index in [2.05, 4.69) is 34.3 Å². The lowest BCUT2D eigenvalue weighted by molar-refractivity contribution is 0.197. The van der Waals surface area contributed by atoms with Crippen molar-refractivity contribution in [3.8, 4) is 0 Å². The van der Waals surface area contributed by atoms with Gasteiger partial charge in [-0.25, -0.2) is 0 Å². The molecule has 0 aromatic rings. The van der Waals surface area contributed by atoms with Crippen molar-refractivity contribution in [1.82, 2.24) is 0 Å². The van der Waals surface area contributed by atoms with Gasteiger partial charge in [0.1, 0.15) is 0 Å². The molecule has 1 aliphatic rings. The lowest BCUT2D eigenvalue weighted by Crippen LogP contribution is -2.26. The monoisotopic (exact) mass is 222 g/mol. The number of allylic oxidation sites excluding steroid dienone is 1. The minimum atomic E-state index is 0.421. The van der Waals surface area contributed by atoms with E-state index in [0.29, 0.717) is 5.41 Å². The van der Waals surface area contributed by atoms with Crippen molar-refractivity contribution in [2.75, 3.05) is 0 Å². The first kappa shape index (κ1) is 13.8. The number of hydrogen-bond acceptors (Lipinski definition) is 0. The average Bonchev–Trinajstić information content (AvgIpc) is 2.05. The highest BCUT2D eigenvalue weighted by molar-refractivity contribution is 5.08. The Hall–Kier alpha value is -0.260. The molecule has 0 radical (unpaired) electrons. The molecule has 0 aromatic carbocycles. The van der Waals surface area contributed by atoms with Crippen LogP contribution < -0.4 is 0 Å². The van der Waals surface area contributed by atoms with E-state index in [-0.39, 0.29) is 0 Å². The highest BCUT2D eigenvalue weighted by Crippen LogP contribution is 2.43. The summed E-state index contributed by atoms with van der Waals surface area (Å²) < 4.78 is 0. The fourth-order valence-corrected chi connectivity index (χ4v) is 2.81. The lowest BCUT2D eigenvalue weighted by atomic mass is 9.67. The Kier molecular flexibility index (Phi) is 5.08. The largest absolute Gasteiger partial charge is 0.0996 e. The SMILES string of the molecule is C=C(CC(C)(C)C)C1CC(CCCCC)C1. The standard InChI is InChI=1S/C16H30/c1-6-7-8-9-14-10-15(11-14)13(2)12-16(3,4)5/h14-15H,2,6-12H2,1,3-5H3. The van der Waals surface area contributed by atoms with Gasteiger partial charge in [-0.3, -0.25) is 0 Å². The van der Waals surface area contributed by atoms with Gasteiger partial charge in [-0.15, -0.1) is 0 Å². The van der Waals surface area contributed by atoms with E-state index in [1.54, 1.807) is 0 Å². The molecule has 0 unspecified atom stereocenters. The molecule has 0 saturated heterocycles. The van der Waals surface area contributed by atoms with E-state index in [0.717, 1.165) is 11.8 Å². The number of rotatable bonds is 6. The molecule has 0 amide bonds. The summed E-state index contributed by atoms with van der Waals surface area (Å²) >= 11 is 0. The Labute approximate surface area is 103 Å². The Morgan fingerprint density at radius 1 is 1.19 bits per heavy atom. The Bertz CT molecular complexity index is 213. The predicted octanol–water partition coefficient (Wildman–Crippen LogP) is 5.59. The van der Waals surface area contributed by atoms with Crippen LogP contribution in [0, 0.1) is 17.3 Å². The maximum Gasteiger partial charge on any atom is -0.0200 e. The summed E-state index contributed by atoms with van der Waals surface area (Å²) in [5.41, 5.74) is 1.93. The van der Waals surface area contributed by atoms with Gasteiger partial charge in [-0.1, -0.05) is 65.5 Å². The topological polar surface area (TPSA) is 0 Å². The van der Waals surface area contributed by atoms with Crippen LogP contribution >= 0.6 is 0 Å². The highest BCUT2D eigenvalue weighted by atomic mass is 14.4. The molecule has 1 aliphatic carbocycles. The summed E-state index contributed by atoms with van der Waals surface area (Å²) in [5.74, 6) is 1.87. The number of hydrogen-bond donors (Lipinski definition) is 0. The zero-order valence-electron chi connectivity index (χ0n) is 11.8. The summed E-state index contributed by atoms with van der Waals surface area (Å²) in [7, 11) is 0. The molecule has 16 heavy (non-hydrogen) atoms. The van der Waals surface area contributed by atoms with Crippen LogP contribution in [-0.2, 0) is 0 Å². The minimum absolute atomic E-state index is 0.421. The summed E-state index contributed by atoms with van der Waals surface area (Å²) in [5, 5.41) is 0. The summed E-state index contributed by atoms with van der Waals surface area (Å²) in [6.45, 7) is 13.5. The molecule has 0 heterocycles. The van der Waals surface area contributed by atoms with Crippen molar-refractivity contribution in [3.63, 3.8) is 0 Å². The fourth-order valence-electron chi connectivity index (χ4n) is 2.81. The zero-order valence-corrected chi connectivity index (χ0v) is 11.8. The Morgan fingerprint density at radius 3 is 2.31 bits per heavy atom. The molecule has 0 bridgehead atoms. The highest BCUT2D eigenvalue weighted by Gasteiger charge is 2.31. The van der Waals surface area contributed by atoms with Gasteiger partial charge in [0.05, 0.1) is 0 Å². The van der Waals surface area contributed by atoms with Gasteiger partial charge >= 0.3 is 0 Å². The van der Waals surface area contributed by atoms with E-state index in [1.807, 2.05) is 0 Å². The van der Waals surface area contributed by atoms with E-state index in [9.17, 15) is 0 Å². The first-order valence-corrected chi connectivity index (χ1v) is 7.10. The number of unbranched alkanes of at least 4 members (excludes halogenated alkanes) is 2. The van der Waals surface area contributed by atoms with Crippen molar-refractivity contribution in [2.24, 2.45) is 17.3 Å². The first-order chi connectivity index (χ1) is 7.42. The second-order valence-corrected chi connectivity index (χ2v) is 6.93. The Morgan fingerprint density at radius 2 is 1.81 bits per heavy atom. The van der Waals surface area contributed by atoms with Crippen molar-refractivity contribution < 1.29 is 0 Å². The van der Waals surface area contributed by atoms with Crippen LogP contribution in [0.4, 0.5) is 0 Å². The van der Waals surface area contributed by atoms with Crippen LogP contribution in [0.25, 0.3) is 0 Å². The quantitative estimate of drug-likeness (QED) is 0.406. The van der Waals surface area contributed by atoms with E-state index < -0.39 is 0 Å². The minimum Gasteiger partial charge on any atom is -0.0996 e. The van der Waals surface area contributed by atoms with Gasteiger partial charge in [-0.2, -0.15) is 0 Å². The summed E-state index contributed by atoms with van der Waals surface area (Å²) in [4.78, 5) is 0. The third-order valence-corrected chi connectivity index (χ3v) is 3.79. The van der Waals surface area contributed by atoms with Gasteiger partial charge < -0.3 is 0 Å². The van der Waals surface area contributed by atoms with Crippen LogP contribution in [0.5, 0.6) is 0 Å². The molecule has 0 atom stereocenters. The second kappa shape index (κ2) is 5.89. The second-order valence-electron chi connectivity index (χ2n) is 6.93. The molecule has 0 heteroatoms. The van der Waals surface area contributed by atoms with Gasteiger partial charge in [0.2, 0.25) is 0 Å². The first-order valence-electron chi connectivity index (χ1n) is 7.10. The van der Waals surface area contributed by atoms with Crippen LogP contribution in [0.15, 0.2) is 12.2 Å². The smallest absolute Gasteiger partial charge is 0.0200 e. The fraction of sp³-hybridized carbons (Fsp3) is 0.875. The normalized spacial score (nSPS) is 25.2. The molecule has 0 spiro atoms. The Balaban J connectivity index is 2.13. The lowest BCUT2D eigenvalue weighted by Gasteiger charge is -2.38. The molecule has 0 N–H and O–H groups in total. The maximum absolute atomic E-state index is 4.29. The molecule has 94 valence electrons. The summed E-state index contributed by atoms with van der Waals surface area (Å²) in [6.07, 6.45) is 9.75. The van der Waals surface area contributed by atoms with Gasteiger partial charge in [0.25, 0.3) is 0 Å². The molecular weight excluding hydrogens is 192 g/mol. The van der Waals surface area contributed by atoms with Crippen molar-refractivity contribution in [1.29, 1.82) is 0 Å². The van der Waals surface area contributed by atoms with Crippen LogP contribution in [0.2, 0.25) is 0 Å². The molecule has 1 fully saturated rings. The van der Waals surface area contributed by atoms with Gasteiger partial charge in [0, 0.05) is 0 Å². The molecular formula is C16H30. The van der Waals surface area contributed by atoms with E-state index in [1.165, 1.54) is 50.5 Å². The molecule has 0 aliphatic heterocycles. The van der Waals surface area contributed by atoms with Crippen molar-refractivity contribution >= 4 is 0 Å². The van der Waals surface area contributed by atoms with E-state index >= 15 is 0 Å². The summed E-state index contributed by atoms with van der Waals surface area (Å²) in [6, 6.07) is 0. The maximum atomic E-state index is 4.29. The molecule has 0 aromatic heterocycles. The van der Waals surface area contributed by atoms with E-state index in [4.69, 9.17) is 0 Å². The average molecular weight is 222 g/mol. The van der Waals surface area contributed by atoms with Gasteiger partial charge in [0.15, 0.2) is 0 Å². The van der Waals surface area contributed by atoms with Crippen LogP contribution in [0.3, 0.4) is 0 Å². The third-order valence-electron chi connectivity index (χ3n) is 3.79. The molecule has 1 rings (SSSR count). The van der Waals surface area contributed by atoms with Crippen LogP contribution in [-0.4, -0.2) is 0 Å². The molecule has 0 nitrogen and oxygen atoms in total. The van der Waals surface area contributed by atoms with Crippen molar-refractivity contribution in [3.05, 3.63) is 12.2 Å². The third kappa shape index (κ3) is 4.72. The van der Waals surface area contributed by atoms with Crippen molar-refractivity contribution in [2.45, 2.75) is 72.6 Å².